The second kappa shape index (κ2) is 10.4. The topological polar surface area (TPSA) is 108 Å². The van der Waals surface area contributed by atoms with Crippen LogP contribution in [0.3, 0.4) is 0 Å². The molecular weight excluding hydrogens is 439 g/mol. The van der Waals surface area contributed by atoms with Crippen LogP contribution in [0.25, 0.3) is 0 Å². The second-order valence-electron chi connectivity index (χ2n) is 8.64. The molecule has 0 unspecified atom stereocenters. The van der Waals surface area contributed by atoms with Gasteiger partial charge in [-0.05, 0) is 33.1 Å². The van der Waals surface area contributed by atoms with Gasteiger partial charge in [-0.25, -0.2) is 9.78 Å². The van der Waals surface area contributed by atoms with Gasteiger partial charge in [0.2, 0.25) is 5.95 Å². The van der Waals surface area contributed by atoms with E-state index >= 15 is 0 Å². The third-order valence-electron chi connectivity index (χ3n) is 5.18. The Morgan fingerprint density at radius 3 is 2.45 bits per heavy atom. The van der Waals surface area contributed by atoms with Gasteiger partial charge in [0.25, 0.3) is 0 Å². The molecule has 2 aromatic rings. The lowest BCUT2D eigenvalue weighted by atomic mass is 10.1. The van der Waals surface area contributed by atoms with Crippen molar-refractivity contribution in [2.45, 2.75) is 64.3 Å². The number of nitrogens with one attached hydrogen (secondary N) is 2. The van der Waals surface area contributed by atoms with Crippen LogP contribution >= 0.6 is 0 Å². The molecule has 0 aromatic carbocycles. The maximum absolute atomic E-state index is 10.6. The molecule has 1 aliphatic heterocycles. The van der Waals surface area contributed by atoms with Crippen LogP contribution in [0.5, 0.6) is 0 Å². The summed E-state index contributed by atoms with van der Waals surface area (Å²) in [7, 11) is 1.97. The summed E-state index contributed by atoms with van der Waals surface area (Å²) in [4.78, 5) is 21.0. The molecule has 3 N–H and O–H groups in total. The van der Waals surface area contributed by atoms with Crippen LogP contribution in [0.4, 0.5) is 24.9 Å². The lowest BCUT2D eigenvalue weighted by Crippen LogP contribution is -2.25. The Labute approximate surface area is 190 Å². The summed E-state index contributed by atoms with van der Waals surface area (Å²) in [6.45, 7) is 7.24. The van der Waals surface area contributed by atoms with E-state index in [-0.39, 0.29) is 0 Å². The summed E-state index contributed by atoms with van der Waals surface area (Å²) in [5, 5.41) is 18.4. The molecule has 1 fully saturated rings. The number of alkyl halides is 3. The molecule has 3 heterocycles. The summed E-state index contributed by atoms with van der Waals surface area (Å²) >= 11 is 0. The average Bonchev–Trinajstić information content (AvgIpc) is 3.46. The van der Waals surface area contributed by atoms with E-state index in [0.29, 0.717) is 12.1 Å². The molecule has 0 saturated heterocycles. The number of nitrogens with zero attached hydrogens (tertiary/aromatic N) is 5. The zero-order valence-corrected chi connectivity index (χ0v) is 19.0. The van der Waals surface area contributed by atoms with Crippen molar-refractivity contribution in [3.63, 3.8) is 0 Å². The minimum atomic E-state index is -5.08. The Morgan fingerprint density at radius 2 is 1.91 bits per heavy atom. The van der Waals surface area contributed by atoms with Crippen molar-refractivity contribution in [3.05, 3.63) is 29.2 Å². The number of carbonyl (C=O) groups is 1. The minimum Gasteiger partial charge on any atom is -0.475 e. The largest absolute Gasteiger partial charge is 0.490 e. The van der Waals surface area contributed by atoms with Crippen LogP contribution in [0.1, 0.15) is 43.5 Å². The van der Waals surface area contributed by atoms with Crippen molar-refractivity contribution in [3.8, 4) is 0 Å². The Bertz CT molecular complexity index is 958. The molecule has 0 bridgehead atoms. The van der Waals surface area contributed by atoms with Crippen LogP contribution in [-0.4, -0.2) is 67.1 Å². The maximum Gasteiger partial charge on any atom is 0.490 e. The molecule has 0 atom stereocenters. The highest BCUT2D eigenvalue weighted by Crippen LogP contribution is 2.29. The van der Waals surface area contributed by atoms with E-state index in [1.165, 1.54) is 29.7 Å². The normalized spacial score (nSPS) is 16.5. The van der Waals surface area contributed by atoms with Crippen LogP contribution in [0.15, 0.2) is 12.4 Å². The number of hydrogen-bond donors (Lipinski definition) is 3. The quantitative estimate of drug-likeness (QED) is 0.593. The number of carboxylic acids is 1. The number of fused-ring (bicyclic) bond motifs is 1. The van der Waals surface area contributed by atoms with Crippen LogP contribution < -0.4 is 10.6 Å². The molecule has 4 rings (SSSR count). The zero-order valence-electron chi connectivity index (χ0n) is 19.0. The fourth-order valence-corrected chi connectivity index (χ4v) is 3.48. The summed E-state index contributed by atoms with van der Waals surface area (Å²) in [5.74, 6) is -0.959. The number of halogens is 3. The Morgan fingerprint density at radius 1 is 1.24 bits per heavy atom. The molecule has 1 aliphatic carbocycles. The van der Waals surface area contributed by atoms with Gasteiger partial charge in [-0.3, -0.25) is 9.58 Å². The number of aliphatic carboxylic acids is 1. The molecule has 33 heavy (non-hydrogen) atoms. The van der Waals surface area contributed by atoms with Gasteiger partial charge in [-0.2, -0.15) is 23.3 Å². The highest BCUT2D eigenvalue weighted by molar-refractivity contribution is 5.73. The fourth-order valence-electron chi connectivity index (χ4n) is 3.48. The van der Waals surface area contributed by atoms with E-state index in [1.54, 1.807) is 0 Å². The fraction of sp³-hybridized carbons (Fsp3) is 0.619. The van der Waals surface area contributed by atoms with E-state index in [9.17, 15) is 13.2 Å². The molecule has 0 amide bonds. The number of aromatic nitrogens is 4. The molecular formula is C21H30F3N7O2. The van der Waals surface area contributed by atoms with Crippen molar-refractivity contribution in [2.24, 2.45) is 7.05 Å². The van der Waals surface area contributed by atoms with E-state index < -0.39 is 12.1 Å². The van der Waals surface area contributed by atoms with Crippen molar-refractivity contribution in [2.75, 3.05) is 23.7 Å². The third-order valence-corrected chi connectivity index (χ3v) is 5.18. The Balaban J connectivity index is 0.000000383. The van der Waals surface area contributed by atoms with Gasteiger partial charge in [-0.1, -0.05) is 0 Å². The van der Waals surface area contributed by atoms with Crippen LogP contribution in [0.2, 0.25) is 0 Å². The summed E-state index contributed by atoms with van der Waals surface area (Å²) in [6, 6.07) is 0.922. The summed E-state index contributed by atoms with van der Waals surface area (Å²) < 4.78 is 33.6. The molecule has 12 heteroatoms. The van der Waals surface area contributed by atoms with Gasteiger partial charge in [-0.15, -0.1) is 0 Å². The number of anilines is 2. The van der Waals surface area contributed by atoms with Gasteiger partial charge in [0.15, 0.2) is 0 Å². The van der Waals surface area contributed by atoms with Gasteiger partial charge in [0.1, 0.15) is 5.82 Å². The number of rotatable bonds is 6. The summed E-state index contributed by atoms with van der Waals surface area (Å²) in [6.07, 6.45) is 3.43. The van der Waals surface area contributed by atoms with Crippen LogP contribution in [-0.2, 0) is 31.2 Å². The Hall–Kier alpha value is -2.89. The molecule has 2 aromatic heterocycles. The van der Waals surface area contributed by atoms with E-state index in [4.69, 9.17) is 19.9 Å². The first-order valence-corrected chi connectivity index (χ1v) is 10.9. The van der Waals surface area contributed by atoms with Gasteiger partial charge in [0.05, 0.1) is 11.9 Å². The first kappa shape index (κ1) is 24.7. The number of aryl methyl sites for hydroxylation is 1. The standard InChI is InChI=1S/C19H29N7.C2HF3O2/c1-13(2)21-19-23-17-7-9-26(12-14-10-20-25(3)11-14)8-6-16(17)18(24-19)22-15-4-5-15;3-2(4,5)1(6)7/h10-11,13,15H,4-9,12H2,1-3H3,(H2,21,22,23,24);(H,6,7). The first-order chi connectivity index (χ1) is 15.5. The van der Waals surface area contributed by atoms with Gasteiger partial charge < -0.3 is 15.7 Å². The molecule has 0 radical (unpaired) electrons. The van der Waals surface area contributed by atoms with Crippen molar-refractivity contribution in [1.29, 1.82) is 0 Å². The van der Waals surface area contributed by atoms with Crippen molar-refractivity contribution >= 4 is 17.7 Å². The zero-order chi connectivity index (χ0) is 24.2. The average molecular weight is 470 g/mol. The predicted octanol–water partition coefficient (Wildman–Crippen LogP) is 2.84. The number of hydrogen-bond acceptors (Lipinski definition) is 7. The monoisotopic (exact) mass is 469 g/mol. The molecule has 1 saturated carbocycles. The molecule has 2 aliphatic rings. The van der Waals surface area contributed by atoms with Crippen molar-refractivity contribution in [1.82, 2.24) is 24.6 Å². The van der Waals surface area contributed by atoms with Gasteiger partial charge >= 0.3 is 12.1 Å². The predicted molar refractivity (Wildman–Crippen MR) is 117 cm³/mol. The lowest BCUT2D eigenvalue weighted by molar-refractivity contribution is -0.192. The molecule has 182 valence electrons. The second-order valence-corrected chi connectivity index (χ2v) is 8.64. The third kappa shape index (κ3) is 7.58. The van der Waals surface area contributed by atoms with Crippen LogP contribution in [0, 0.1) is 0 Å². The van der Waals surface area contributed by atoms with Crippen molar-refractivity contribution < 1.29 is 23.1 Å². The lowest BCUT2D eigenvalue weighted by Gasteiger charge is -2.18. The maximum atomic E-state index is 10.6. The van der Waals surface area contributed by atoms with E-state index in [2.05, 4.69) is 40.7 Å². The SMILES string of the molecule is CC(C)Nc1nc2c(c(NC3CC3)n1)CCN(Cc1cnn(C)c1)CC2.O=C(O)C(F)(F)F. The minimum absolute atomic E-state index is 0.328. The van der Waals surface area contributed by atoms with E-state index in [0.717, 1.165) is 44.2 Å². The smallest absolute Gasteiger partial charge is 0.475 e. The summed E-state index contributed by atoms with van der Waals surface area (Å²) in [5.41, 5.74) is 3.77. The Kier molecular flexibility index (Phi) is 7.77. The highest BCUT2D eigenvalue weighted by Gasteiger charge is 2.38. The molecule has 9 nitrogen and oxygen atoms in total. The highest BCUT2D eigenvalue weighted by atomic mass is 19.4. The van der Waals surface area contributed by atoms with E-state index in [1.807, 2.05) is 17.9 Å². The first-order valence-electron chi connectivity index (χ1n) is 10.9. The van der Waals surface area contributed by atoms with Gasteiger partial charge in [0, 0.05) is 62.5 Å². The number of carboxylic acid groups (broad SMARTS) is 1. The molecule has 0 spiro atoms.